The monoisotopic (exact) mass is 320 g/mol. The number of amides is 3. The maximum Gasteiger partial charge on any atom is 0.325 e. The lowest BCUT2D eigenvalue weighted by atomic mass is 9.73. The molecule has 1 saturated carbocycles. The molecule has 6 heteroatoms. The molecule has 23 heavy (non-hydrogen) atoms. The minimum atomic E-state index is -1.24. The Hall–Kier alpha value is -1.95. The molecule has 0 aromatic heterocycles. The number of aliphatic hydroxyl groups is 1. The second-order valence-electron chi connectivity index (χ2n) is 6.50. The van der Waals surface area contributed by atoms with E-state index >= 15 is 0 Å². The number of β-amino-alcohol motifs (C(OH)–C–C–N with tert-alkyl or cyclic N) is 1. The number of aliphatic hydroxyl groups excluding tert-OH is 1. The molecule has 0 bridgehead atoms. The van der Waals surface area contributed by atoms with E-state index in [2.05, 4.69) is 5.32 Å². The van der Waals surface area contributed by atoms with Crippen molar-refractivity contribution in [1.29, 1.82) is 0 Å². The van der Waals surface area contributed by atoms with E-state index in [0.29, 0.717) is 6.42 Å². The van der Waals surface area contributed by atoms with Gasteiger partial charge in [-0.1, -0.05) is 38.0 Å². The first-order valence-corrected chi connectivity index (χ1v) is 8.02. The van der Waals surface area contributed by atoms with Crippen molar-refractivity contribution in [3.05, 3.63) is 35.6 Å². The van der Waals surface area contributed by atoms with E-state index in [4.69, 9.17) is 0 Å². The van der Waals surface area contributed by atoms with Gasteiger partial charge in [-0.25, -0.2) is 9.18 Å². The van der Waals surface area contributed by atoms with Crippen LogP contribution >= 0.6 is 0 Å². The quantitative estimate of drug-likeness (QED) is 0.840. The highest BCUT2D eigenvalue weighted by atomic mass is 19.1. The average molecular weight is 320 g/mol. The Balaban J connectivity index is 1.80. The molecule has 2 aliphatic rings. The zero-order valence-corrected chi connectivity index (χ0v) is 13.1. The van der Waals surface area contributed by atoms with Crippen LogP contribution in [0.4, 0.5) is 9.18 Å². The number of hydrogen-bond acceptors (Lipinski definition) is 3. The van der Waals surface area contributed by atoms with Crippen molar-refractivity contribution in [3.8, 4) is 0 Å². The van der Waals surface area contributed by atoms with Crippen LogP contribution in [0, 0.1) is 11.7 Å². The maximum absolute atomic E-state index is 13.8. The fraction of sp³-hybridized carbons (Fsp3) is 0.529. The molecule has 1 aromatic carbocycles. The Morgan fingerprint density at radius 3 is 2.83 bits per heavy atom. The number of nitrogens with one attached hydrogen (secondary N) is 1. The topological polar surface area (TPSA) is 69.6 Å². The van der Waals surface area contributed by atoms with E-state index in [0.717, 1.165) is 24.2 Å². The van der Waals surface area contributed by atoms with E-state index in [1.807, 2.05) is 6.92 Å². The highest BCUT2D eigenvalue weighted by Crippen LogP contribution is 2.38. The maximum atomic E-state index is 13.8. The molecule has 1 aliphatic carbocycles. The summed E-state index contributed by atoms with van der Waals surface area (Å²) < 4.78 is 13.8. The molecular formula is C17H21FN2O3. The molecule has 0 radical (unpaired) electrons. The average Bonchev–Trinajstić information content (AvgIpc) is 2.76. The molecule has 124 valence electrons. The van der Waals surface area contributed by atoms with Gasteiger partial charge < -0.3 is 10.4 Å². The predicted octanol–water partition coefficient (Wildman–Crippen LogP) is 2.36. The van der Waals surface area contributed by atoms with Gasteiger partial charge in [0.1, 0.15) is 11.4 Å². The van der Waals surface area contributed by atoms with Crippen molar-refractivity contribution < 1.29 is 19.1 Å². The molecule has 2 fully saturated rings. The molecule has 1 aromatic rings. The summed E-state index contributed by atoms with van der Waals surface area (Å²) in [5.74, 6) is -0.791. The van der Waals surface area contributed by atoms with Gasteiger partial charge in [0.2, 0.25) is 0 Å². The fourth-order valence-corrected chi connectivity index (χ4v) is 3.68. The highest BCUT2D eigenvalue weighted by Gasteiger charge is 2.55. The lowest BCUT2D eigenvalue weighted by molar-refractivity contribution is -0.135. The molecular weight excluding hydrogens is 299 g/mol. The largest absolute Gasteiger partial charge is 0.386 e. The predicted molar refractivity (Wildman–Crippen MR) is 82.0 cm³/mol. The lowest BCUT2D eigenvalue weighted by Gasteiger charge is -2.37. The van der Waals surface area contributed by atoms with Crippen LogP contribution in [0.5, 0.6) is 0 Å². The van der Waals surface area contributed by atoms with Gasteiger partial charge in [-0.2, -0.15) is 0 Å². The van der Waals surface area contributed by atoms with Gasteiger partial charge in [0.15, 0.2) is 0 Å². The van der Waals surface area contributed by atoms with E-state index in [1.165, 1.54) is 18.2 Å². The summed E-state index contributed by atoms with van der Waals surface area (Å²) in [5, 5.41) is 13.1. The minimum Gasteiger partial charge on any atom is -0.386 e. The van der Waals surface area contributed by atoms with Crippen molar-refractivity contribution in [2.75, 3.05) is 6.54 Å². The Labute approximate surface area is 134 Å². The van der Waals surface area contributed by atoms with Crippen LogP contribution in [0.15, 0.2) is 24.3 Å². The molecule has 1 spiro atoms. The molecule has 5 nitrogen and oxygen atoms in total. The number of carbonyl (C=O) groups excluding carboxylic acids is 2. The van der Waals surface area contributed by atoms with Crippen LogP contribution in [-0.2, 0) is 4.79 Å². The summed E-state index contributed by atoms with van der Waals surface area (Å²) in [6.45, 7) is 1.73. The Kier molecular flexibility index (Phi) is 4.10. The van der Waals surface area contributed by atoms with Gasteiger partial charge in [-0.3, -0.25) is 9.69 Å². The highest BCUT2D eigenvalue weighted by molar-refractivity contribution is 6.07. The van der Waals surface area contributed by atoms with E-state index in [9.17, 15) is 19.1 Å². The number of halogens is 1. The molecule has 3 unspecified atom stereocenters. The van der Waals surface area contributed by atoms with Crippen molar-refractivity contribution in [2.45, 2.75) is 44.2 Å². The molecule has 2 N–H and O–H groups in total. The zero-order valence-electron chi connectivity index (χ0n) is 13.1. The standard InChI is InChI=1S/C17H21FN2O3/c1-11-6-4-5-9-17(11)15(22)20(16(23)19-17)10-14(21)12-7-2-3-8-13(12)18/h2-3,7-8,11,14,21H,4-6,9-10H2,1H3,(H,19,23). The Bertz CT molecular complexity index is 636. The second-order valence-corrected chi connectivity index (χ2v) is 6.50. The molecule has 3 amide bonds. The van der Waals surface area contributed by atoms with Crippen LogP contribution in [0.1, 0.15) is 44.3 Å². The van der Waals surface area contributed by atoms with E-state index < -0.39 is 23.5 Å². The number of nitrogens with zero attached hydrogens (tertiary/aromatic N) is 1. The summed E-state index contributed by atoms with van der Waals surface area (Å²) in [6, 6.07) is 5.34. The number of carbonyl (C=O) groups is 2. The van der Waals surface area contributed by atoms with Gasteiger partial charge in [0.25, 0.3) is 5.91 Å². The third-order valence-electron chi connectivity index (χ3n) is 5.12. The molecule has 3 atom stereocenters. The molecule has 1 aliphatic heterocycles. The second kappa shape index (κ2) is 5.92. The van der Waals surface area contributed by atoms with Crippen molar-refractivity contribution in [2.24, 2.45) is 5.92 Å². The summed E-state index contributed by atoms with van der Waals surface area (Å²) >= 11 is 0. The van der Waals surface area contributed by atoms with Crippen LogP contribution in [0.2, 0.25) is 0 Å². The van der Waals surface area contributed by atoms with Crippen LogP contribution < -0.4 is 5.32 Å². The first-order chi connectivity index (χ1) is 11.0. The van der Waals surface area contributed by atoms with Gasteiger partial charge >= 0.3 is 6.03 Å². The van der Waals surface area contributed by atoms with Crippen molar-refractivity contribution in [3.63, 3.8) is 0 Å². The first kappa shape index (κ1) is 15.9. The smallest absolute Gasteiger partial charge is 0.325 e. The molecule has 1 saturated heterocycles. The summed E-state index contributed by atoms with van der Waals surface area (Å²) in [7, 11) is 0. The number of urea groups is 1. The van der Waals surface area contributed by atoms with Gasteiger partial charge in [-0.05, 0) is 24.8 Å². The van der Waals surface area contributed by atoms with Gasteiger partial charge in [0, 0.05) is 5.56 Å². The van der Waals surface area contributed by atoms with Crippen LogP contribution in [0.25, 0.3) is 0 Å². The van der Waals surface area contributed by atoms with Crippen molar-refractivity contribution in [1.82, 2.24) is 10.2 Å². The summed E-state index contributed by atoms with van der Waals surface area (Å²) in [5.41, 5.74) is -0.768. The van der Waals surface area contributed by atoms with Crippen LogP contribution in [0.3, 0.4) is 0 Å². The van der Waals surface area contributed by atoms with Crippen molar-refractivity contribution >= 4 is 11.9 Å². The normalized spacial score (nSPS) is 29.0. The fourth-order valence-electron chi connectivity index (χ4n) is 3.68. The molecule has 1 heterocycles. The minimum absolute atomic E-state index is 0.0586. The number of hydrogen-bond donors (Lipinski definition) is 2. The SMILES string of the molecule is CC1CCCCC12NC(=O)N(CC(O)c1ccccc1F)C2=O. The lowest BCUT2D eigenvalue weighted by Crippen LogP contribution is -2.54. The zero-order chi connectivity index (χ0) is 16.6. The van der Waals surface area contributed by atoms with E-state index in [1.54, 1.807) is 6.07 Å². The molecule has 3 rings (SSSR count). The summed E-state index contributed by atoms with van der Waals surface area (Å²) in [6.07, 6.45) is 2.20. The summed E-state index contributed by atoms with van der Waals surface area (Å²) in [4.78, 5) is 26.1. The number of rotatable bonds is 3. The third-order valence-corrected chi connectivity index (χ3v) is 5.12. The van der Waals surface area contributed by atoms with Crippen LogP contribution in [-0.4, -0.2) is 34.0 Å². The number of benzene rings is 1. The Morgan fingerprint density at radius 2 is 2.13 bits per heavy atom. The van der Waals surface area contributed by atoms with Gasteiger partial charge in [-0.15, -0.1) is 0 Å². The van der Waals surface area contributed by atoms with Gasteiger partial charge in [0.05, 0.1) is 12.6 Å². The van der Waals surface area contributed by atoms with E-state index in [-0.39, 0.29) is 23.9 Å². The Morgan fingerprint density at radius 1 is 1.39 bits per heavy atom. The number of imide groups is 1. The first-order valence-electron chi connectivity index (χ1n) is 8.02. The third kappa shape index (κ3) is 2.61.